The Labute approximate surface area is 101 Å². The average molecular weight is 259 g/mol. The Morgan fingerprint density at radius 3 is 2.56 bits per heavy atom. The van der Waals surface area contributed by atoms with Crippen LogP contribution in [-0.4, -0.2) is 5.78 Å². The van der Waals surface area contributed by atoms with Crippen molar-refractivity contribution in [3.8, 4) is 6.07 Å². The van der Waals surface area contributed by atoms with Crippen LogP contribution in [0.1, 0.15) is 29.3 Å². The van der Waals surface area contributed by atoms with Crippen LogP contribution >= 0.6 is 0 Å². The highest BCUT2D eigenvalue weighted by atomic mass is 19.4. The molecule has 1 rings (SSSR count). The summed E-state index contributed by atoms with van der Waals surface area (Å²) in [6.45, 7) is 1.48. The van der Waals surface area contributed by atoms with E-state index in [9.17, 15) is 22.4 Å². The molecule has 0 aliphatic heterocycles. The number of halogens is 4. The molecule has 0 aromatic heterocycles. The Morgan fingerprint density at radius 2 is 2.06 bits per heavy atom. The maximum atomic E-state index is 13.0. The van der Waals surface area contributed by atoms with Crippen molar-refractivity contribution in [3.05, 3.63) is 35.1 Å². The predicted octanol–water partition coefficient (Wildman–Crippen LogP) is 3.58. The summed E-state index contributed by atoms with van der Waals surface area (Å²) in [5, 5.41) is 8.52. The molecular weight excluding hydrogens is 250 g/mol. The number of rotatable bonds is 3. The SMILES string of the molecule is CC(C#N)CC(=O)c1ccc(F)c(C(F)(F)F)c1. The first-order valence-electron chi connectivity index (χ1n) is 5.05. The zero-order valence-corrected chi connectivity index (χ0v) is 9.38. The third-order valence-corrected chi connectivity index (χ3v) is 2.31. The number of nitrogens with zero attached hydrogens (tertiary/aromatic N) is 1. The van der Waals surface area contributed by atoms with E-state index in [0.717, 1.165) is 6.07 Å². The second-order valence-corrected chi connectivity index (χ2v) is 3.85. The summed E-state index contributed by atoms with van der Waals surface area (Å²) in [7, 11) is 0. The molecule has 1 aromatic rings. The number of alkyl halides is 3. The maximum Gasteiger partial charge on any atom is 0.419 e. The van der Waals surface area contributed by atoms with E-state index in [1.165, 1.54) is 6.92 Å². The summed E-state index contributed by atoms with van der Waals surface area (Å²) in [6, 6.07) is 3.87. The van der Waals surface area contributed by atoms with Gasteiger partial charge < -0.3 is 0 Å². The molecule has 0 spiro atoms. The largest absolute Gasteiger partial charge is 0.419 e. The molecule has 1 atom stereocenters. The molecule has 0 fully saturated rings. The standard InChI is InChI=1S/C12H9F4NO/c1-7(6-17)4-11(18)8-2-3-10(13)9(5-8)12(14,15)16/h2-3,5,7H,4H2,1H3. The molecule has 0 saturated heterocycles. The minimum absolute atomic E-state index is 0.195. The van der Waals surface area contributed by atoms with Gasteiger partial charge in [-0.3, -0.25) is 4.79 Å². The number of carbonyl (C=O) groups excluding carboxylic acids is 1. The van der Waals surface area contributed by atoms with Crippen LogP contribution in [0, 0.1) is 23.1 Å². The Bertz CT molecular complexity index is 502. The monoisotopic (exact) mass is 259 g/mol. The molecule has 18 heavy (non-hydrogen) atoms. The fraction of sp³-hybridized carbons (Fsp3) is 0.333. The van der Waals surface area contributed by atoms with E-state index in [2.05, 4.69) is 0 Å². The Kier molecular flexibility index (Phi) is 4.07. The van der Waals surface area contributed by atoms with E-state index >= 15 is 0 Å². The van der Waals surface area contributed by atoms with E-state index in [1.54, 1.807) is 6.07 Å². The van der Waals surface area contributed by atoms with E-state index in [4.69, 9.17) is 5.26 Å². The molecule has 0 saturated carbocycles. The van der Waals surface area contributed by atoms with Crippen molar-refractivity contribution in [2.45, 2.75) is 19.5 Å². The summed E-state index contributed by atoms with van der Waals surface area (Å²) >= 11 is 0. The van der Waals surface area contributed by atoms with E-state index in [-0.39, 0.29) is 12.0 Å². The molecule has 0 amide bonds. The van der Waals surface area contributed by atoms with Crippen LogP contribution in [0.25, 0.3) is 0 Å². The van der Waals surface area contributed by atoms with Gasteiger partial charge in [-0.2, -0.15) is 18.4 Å². The lowest BCUT2D eigenvalue weighted by Crippen LogP contribution is -2.11. The van der Waals surface area contributed by atoms with Crippen molar-refractivity contribution in [2.75, 3.05) is 0 Å². The van der Waals surface area contributed by atoms with Crippen LogP contribution in [0.15, 0.2) is 18.2 Å². The molecule has 0 aliphatic carbocycles. The van der Waals surface area contributed by atoms with Gasteiger partial charge in [0, 0.05) is 12.0 Å². The van der Waals surface area contributed by atoms with Gasteiger partial charge in [0.05, 0.1) is 17.6 Å². The van der Waals surface area contributed by atoms with Crippen molar-refractivity contribution in [3.63, 3.8) is 0 Å². The minimum atomic E-state index is -4.85. The number of nitriles is 1. The minimum Gasteiger partial charge on any atom is -0.294 e. The van der Waals surface area contributed by atoms with Crippen molar-refractivity contribution in [1.29, 1.82) is 5.26 Å². The highest BCUT2D eigenvalue weighted by molar-refractivity contribution is 5.96. The van der Waals surface area contributed by atoms with E-state index in [1.807, 2.05) is 0 Å². The van der Waals surface area contributed by atoms with Gasteiger partial charge in [0.2, 0.25) is 0 Å². The number of benzene rings is 1. The molecule has 1 unspecified atom stereocenters. The summed E-state index contributed by atoms with van der Waals surface area (Å²) < 4.78 is 50.2. The molecule has 0 heterocycles. The van der Waals surface area contributed by atoms with Crippen molar-refractivity contribution < 1.29 is 22.4 Å². The zero-order valence-electron chi connectivity index (χ0n) is 9.38. The Balaban J connectivity index is 3.07. The quantitative estimate of drug-likeness (QED) is 0.615. The number of hydrogen-bond acceptors (Lipinski definition) is 2. The maximum absolute atomic E-state index is 13.0. The lowest BCUT2D eigenvalue weighted by atomic mass is 9.99. The molecule has 0 bridgehead atoms. The van der Waals surface area contributed by atoms with Crippen LogP contribution < -0.4 is 0 Å². The van der Waals surface area contributed by atoms with Crippen LogP contribution in [0.5, 0.6) is 0 Å². The van der Waals surface area contributed by atoms with Crippen LogP contribution in [0.3, 0.4) is 0 Å². The van der Waals surface area contributed by atoms with Gasteiger partial charge >= 0.3 is 6.18 Å². The second kappa shape index (κ2) is 5.17. The average Bonchev–Trinajstić information content (AvgIpc) is 2.27. The van der Waals surface area contributed by atoms with Crippen molar-refractivity contribution in [1.82, 2.24) is 0 Å². The Hall–Kier alpha value is -1.90. The van der Waals surface area contributed by atoms with E-state index < -0.39 is 29.3 Å². The third kappa shape index (κ3) is 3.29. The van der Waals surface area contributed by atoms with Crippen LogP contribution in [0.4, 0.5) is 17.6 Å². The van der Waals surface area contributed by atoms with Gasteiger partial charge in [-0.05, 0) is 25.1 Å². The number of ketones is 1. The van der Waals surface area contributed by atoms with Crippen molar-refractivity contribution >= 4 is 5.78 Å². The van der Waals surface area contributed by atoms with Gasteiger partial charge in [0.25, 0.3) is 0 Å². The van der Waals surface area contributed by atoms with Gasteiger partial charge in [-0.15, -0.1) is 0 Å². The molecule has 1 aromatic carbocycles. The fourth-order valence-corrected chi connectivity index (χ4v) is 1.36. The molecule has 0 radical (unpaired) electrons. The molecule has 2 nitrogen and oxygen atoms in total. The Morgan fingerprint density at radius 1 is 1.44 bits per heavy atom. The van der Waals surface area contributed by atoms with Crippen LogP contribution in [0.2, 0.25) is 0 Å². The first kappa shape index (κ1) is 14.2. The van der Waals surface area contributed by atoms with Crippen molar-refractivity contribution in [2.24, 2.45) is 5.92 Å². The summed E-state index contributed by atoms with van der Waals surface area (Å²) in [4.78, 5) is 11.6. The molecular formula is C12H9F4NO. The summed E-state index contributed by atoms with van der Waals surface area (Å²) in [6.07, 6.45) is -5.04. The molecule has 0 N–H and O–H groups in total. The molecule has 96 valence electrons. The zero-order chi connectivity index (χ0) is 13.9. The van der Waals surface area contributed by atoms with Gasteiger partial charge in [0.15, 0.2) is 5.78 Å². The number of Topliss-reactive ketones (excluding diaryl/α,β-unsaturated/α-hetero) is 1. The normalized spacial score (nSPS) is 12.9. The van der Waals surface area contributed by atoms with Gasteiger partial charge in [0.1, 0.15) is 5.82 Å². The lowest BCUT2D eigenvalue weighted by molar-refractivity contribution is -0.140. The first-order valence-corrected chi connectivity index (χ1v) is 5.05. The second-order valence-electron chi connectivity index (χ2n) is 3.85. The number of hydrogen-bond donors (Lipinski definition) is 0. The highest BCUT2D eigenvalue weighted by Gasteiger charge is 2.34. The van der Waals surface area contributed by atoms with Crippen LogP contribution in [-0.2, 0) is 6.18 Å². The van der Waals surface area contributed by atoms with E-state index in [0.29, 0.717) is 12.1 Å². The van der Waals surface area contributed by atoms with Gasteiger partial charge in [-0.1, -0.05) is 0 Å². The van der Waals surface area contributed by atoms with Gasteiger partial charge in [-0.25, -0.2) is 4.39 Å². The smallest absolute Gasteiger partial charge is 0.294 e. The topological polar surface area (TPSA) is 40.9 Å². The molecule has 0 aliphatic rings. The first-order chi connectivity index (χ1) is 8.25. The highest BCUT2D eigenvalue weighted by Crippen LogP contribution is 2.32. The lowest BCUT2D eigenvalue weighted by Gasteiger charge is -2.09. The molecule has 6 heteroatoms. The third-order valence-electron chi connectivity index (χ3n) is 2.31. The summed E-state index contributed by atoms with van der Waals surface area (Å²) in [5.74, 6) is -2.64. The predicted molar refractivity (Wildman–Crippen MR) is 55.1 cm³/mol. The summed E-state index contributed by atoms with van der Waals surface area (Å²) in [5.41, 5.74) is -1.72. The number of carbonyl (C=O) groups is 1. The fourth-order valence-electron chi connectivity index (χ4n) is 1.36.